The van der Waals surface area contributed by atoms with Crippen LogP contribution in [0, 0.1) is 0 Å². The Bertz CT molecular complexity index is 406. The monoisotopic (exact) mass is 249 g/mol. The Kier molecular flexibility index (Phi) is 4.73. The standard InChI is InChI=1S/C14H19NO3/c1-17-9-10-18-15-14(16)13-8-4-6-11-5-2-3-7-12(11)13/h2-3,5,7,13H,4,6,8-10H2,1H3,(H,15,16). The fraction of sp³-hybridized carbons (Fsp3) is 0.500. The van der Waals surface area contributed by atoms with Crippen molar-refractivity contribution in [3.63, 3.8) is 0 Å². The molecule has 1 aliphatic rings. The van der Waals surface area contributed by atoms with Crippen molar-refractivity contribution in [3.05, 3.63) is 35.4 Å². The molecule has 4 heteroatoms. The van der Waals surface area contributed by atoms with Crippen LogP contribution in [-0.2, 0) is 20.8 Å². The van der Waals surface area contributed by atoms with Gasteiger partial charge < -0.3 is 4.74 Å². The second-order valence-electron chi connectivity index (χ2n) is 4.45. The number of carbonyl (C=O) groups is 1. The van der Waals surface area contributed by atoms with Crippen LogP contribution in [0.5, 0.6) is 0 Å². The summed E-state index contributed by atoms with van der Waals surface area (Å²) < 4.78 is 4.85. The minimum absolute atomic E-state index is 0.0572. The van der Waals surface area contributed by atoms with Crippen molar-refractivity contribution >= 4 is 5.91 Å². The molecule has 0 spiro atoms. The van der Waals surface area contributed by atoms with E-state index >= 15 is 0 Å². The summed E-state index contributed by atoms with van der Waals surface area (Å²) in [7, 11) is 1.60. The quantitative estimate of drug-likeness (QED) is 0.639. The number of nitrogens with one attached hydrogen (secondary N) is 1. The van der Waals surface area contributed by atoms with Crippen LogP contribution in [-0.4, -0.2) is 26.2 Å². The number of rotatable bonds is 5. The molecule has 0 saturated carbocycles. The number of benzene rings is 1. The van der Waals surface area contributed by atoms with Crippen LogP contribution in [0.2, 0.25) is 0 Å². The summed E-state index contributed by atoms with van der Waals surface area (Å²) in [6, 6.07) is 8.14. The van der Waals surface area contributed by atoms with Crippen LogP contribution >= 0.6 is 0 Å². The van der Waals surface area contributed by atoms with Gasteiger partial charge in [-0.25, -0.2) is 5.48 Å². The van der Waals surface area contributed by atoms with Gasteiger partial charge in [0.15, 0.2) is 0 Å². The average Bonchev–Trinajstić information content (AvgIpc) is 2.43. The first-order valence-electron chi connectivity index (χ1n) is 6.31. The number of methoxy groups -OCH3 is 1. The topological polar surface area (TPSA) is 47.6 Å². The maximum atomic E-state index is 12.0. The molecule has 0 saturated heterocycles. The van der Waals surface area contributed by atoms with Gasteiger partial charge in [0.2, 0.25) is 0 Å². The molecule has 4 nitrogen and oxygen atoms in total. The summed E-state index contributed by atoms with van der Waals surface area (Å²) in [5, 5.41) is 0. The van der Waals surface area contributed by atoms with Gasteiger partial charge in [0.1, 0.15) is 0 Å². The van der Waals surface area contributed by atoms with E-state index < -0.39 is 0 Å². The van der Waals surface area contributed by atoms with E-state index in [1.54, 1.807) is 7.11 Å². The molecular weight excluding hydrogens is 230 g/mol. The SMILES string of the molecule is COCCONC(=O)C1CCCc2ccccc21. The van der Waals surface area contributed by atoms with Crippen molar-refractivity contribution in [1.82, 2.24) is 5.48 Å². The number of hydrogen-bond donors (Lipinski definition) is 1. The van der Waals surface area contributed by atoms with E-state index in [0.29, 0.717) is 13.2 Å². The molecule has 0 radical (unpaired) electrons. The lowest BCUT2D eigenvalue weighted by atomic mass is 9.82. The molecule has 0 bridgehead atoms. The molecule has 1 atom stereocenters. The predicted octanol–water partition coefficient (Wildman–Crippen LogP) is 1.80. The fourth-order valence-corrected chi connectivity index (χ4v) is 2.34. The molecule has 1 aromatic rings. The second-order valence-corrected chi connectivity index (χ2v) is 4.45. The minimum atomic E-state index is -0.0857. The highest BCUT2D eigenvalue weighted by molar-refractivity contribution is 5.83. The summed E-state index contributed by atoms with van der Waals surface area (Å²) in [6.45, 7) is 0.845. The van der Waals surface area contributed by atoms with Gasteiger partial charge in [-0.05, 0) is 30.4 Å². The Morgan fingerprint density at radius 1 is 1.39 bits per heavy atom. The third-order valence-corrected chi connectivity index (χ3v) is 3.25. The Balaban J connectivity index is 1.95. The van der Waals surface area contributed by atoms with E-state index in [2.05, 4.69) is 11.5 Å². The molecule has 98 valence electrons. The smallest absolute Gasteiger partial charge is 0.251 e. The fourth-order valence-electron chi connectivity index (χ4n) is 2.34. The van der Waals surface area contributed by atoms with Crippen LogP contribution in [0.25, 0.3) is 0 Å². The van der Waals surface area contributed by atoms with Gasteiger partial charge >= 0.3 is 0 Å². The van der Waals surface area contributed by atoms with Gasteiger partial charge in [-0.2, -0.15) is 0 Å². The number of ether oxygens (including phenoxy) is 1. The maximum Gasteiger partial charge on any atom is 0.251 e. The van der Waals surface area contributed by atoms with E-state index in [1.165, 1.54) is 5.56 Å². The van der Waals surface area contributed by atoms with Crippen molar-refractivity contribution in [2.45, 2.75) is 25.2 Å². The first-order valence-corrected chi connectivity index (χ1v) is 6.31. The molecule has 0 aromatic heterocycles. The van der Waals surface area contributed by atoms with Crippen molar-refractivity contribution in [3.8, 4) is 0 Å². The Hall–Kier alpha value is -1.39. The van der Waals surface area contributed by atoms with Gasteiger partial charge in [0, 0.05) is 7.11 Å². The molecular formula is C14H19NO3. The van der Waals surface area contributed by atoms with Gasteiger partial charge in [-0.1, -0.05) is 24.3 Å². The van der Waals surface area contributed by atoms with E-state index in [1.807, 2.05) is 18.2 Å². The molecule has 1 N–H and O–H groups in total. The van der Waals surface area contributed by atoms with Crippen molar-refractivity contribution in [2.75, 3.05) is 20.3 Å². The molecule has 0 aliphatic heterocycles. The average molecular weight is 249 g/mol. The van der Waals surface area contributed by atoms with E-state index in [0.717, 1.165) is 24.8 Å². The molecule has 0 heterocycles. The first-order chi connectivity index (χ1) is 8.83. The molecule has 1 aliphatic carbocycles. The van der Waals surface area contributed by atoms with Crippen LogP contribution < -0.4 is 5.48 Å². The third-order valence-electron chi connectivity index (χ3n) is 3.25. The largest absolute Gasteiger partial charge is 0.382 e. The molecule has 2 rings (SSSR count). The molecule has 0 fully saturated rings. The number of hydroxylamine groups is 1. The zero-order valence-electron chi connectivity index (χ0n) is 10.6. The van der Waals surface area contributed by atoms with Gasteiger partial charge in [0.05, 0.1) is 19.1 Å². The lowest BCUT2D eigenvalue weighted by Gasteiger charge is -2.24. The summed E-state index contributed by atoms with van der Waals surface area (Å²) in [5.41, 5.74) is 4.92. The Morgan fingerprint density at radius 2 is 2.22 bits per heavy atom. The van der Waals surface area contributed by atoms with Crippen LogP contribution in [0.15, 0.2) is 24.3 Å². The normalized spacial score (nSPS) is 18.2. The number of carbonyl (C=O) groups excluding carboxylic acids is 1. The number of aryl methyl sites for hydroxylation is 1. The van der Waals surface area contributed by atoms with E-state index in [-0.39, 0.29) is 11.8 Å². The zero-order chi connectivity index (χ0) is 12.8. The summed E-state index contributed by atoms with van der Waals surface area (Å²) in [4.78, 5) is 17.1. The van der Waals surface area contributed by atoms with Crippen molar-refractivity contribution in [2.24, 2.45) is 0 Å². The van der Waals surface area contributed by atoms with E-state index in [9.17, 15) is 4.79 Å². The van der Waals surface area contributed by atoms with Crippen LogP contribution in [0.3, 0.4) is 0 Å². The van der Waals surface area contributed by atoms with E-state index in [4.69, 9.17) is 9.57 Å². The van der Waals surface area contributed by atoms with Gasteiger partial charge in [-0.15, -0.1) is 0 Å². The van der Waals surface area contributed by atoms with Gasteiger partial charge in [-0.3, -0.25) is 9.63 Å². The Morgan fingerprint density at radius 3 is 3.06 bits per heavy atom. The summed E-state index contributed by atoms with van der Waals surface area (Å²) in [5.74, 6) is -0.143. The zero-order valence-corrected chi connectivity index (χ0v) is 10.6. The maximum absolute atomic E-state index is 12.0. The van der Waals surface area contributed by atoms with Crippen LogP contribution in [0.1, 0.15) is 29.9 Å². The highest BCUT2D eigenvalue weighted by atomic mass is 16.7. The Labute approximate surface area is 107 Å². The number of fused-ring (bicyclic) bond motifs is 1. The lowest BCUT2D eigenvalue weighted by Crippen LogP contribution is -2.32. The molecule has 18 heavy (non-hydrogen) atoms. The van der Waals surface area contributed by atoms with Crippen molar-refractivity contribution < 1.29 is 14.4 Å². The number of hydrogen-bond acceptors (Lipinski definition) is 3. The second kappa shape index (κ2) is 6.52. The molecule has 1 aromatic carbocycles. The molecule has 1 amide bonds. The minimum Gasteiger partial charge on any atom is -0.382 e. The summed E-state index contributed by atoms with van der Waals surface area (Å²) in [6.07, 6.45) is 2.99. The molecule has 1 unspecified atom stereocenters. The van der Waals surface area contributed by atoms with Gasteiger partial charge in [0.25, 0.3) is 5.91 Å². The number of amides is 1. The highest BCUT2D eigenvalue weighted by Crippen LogP contribution is 2.31. The lowest BCUT2D eigenvalue weighted by molar-refractivity contribution is -0.136. The van der Waals surface area contributed by atoms with Crippen LogP contribution in [0.4, 0.5) is 0 Å². The third kappa shape index (κ3) is 3.09. The predicted molar refractivity (Wildman–Crippen MR) is 68.1 cm³/mol. The highest BCUT2D eigenvalue weighted by Gasteiger charge is 2.26. The summed E-state index contributed by atoms with van der Waals surface area (Å²) >= 11 is 0. The first kappa shape index (κ1) is 13.1. The van der Waals surface area contributed by atoms with Crippen molar-refractivity contribution in [1.29, 1.82) is 0 Å².